The molecule has 6 heteroatoms. The topological polar surface area (TPSA) is 58.6 Å². The van der Waals surface area contributed by atoms with E-state index in [1.165, 1.54) is 0 Å². The summed E-state index contributed by atoms with van der Waals surface area (Å²) >= 11 is 6.50. The molecule has 2 amide bonds. The predicted octanol–water partition coefficient (Wildman–Crippen LogP) is 6.03. The average Bonchev–Trinajstić information content (AvgIpc) is 3.41. The maximum Gasteiger partial charge on any atom is 0.261 e. The molecule has 0 aromatic heterocycles. The Kier molecular flexibility index (Phi) is 9.24. The lowest BCUT2D eigenvalue weighted by molar-refractivity contribution is -0.143. The average molecular weight is 519 g/mol. The van der Waals surface area contributed by atoms with Gasteiger partial charge in [-0.1, -0.05) is 85.1 Å². The largest absolute Gasteiger partial charge is 0.483 e. The molecule has 1 saturated carbocycles. The number of carbonyl (C=O) groups excluding carboxylic acids is 2. The van der Waals surface area contributed by atoms with Crippen LogP contribution in [0.5, 0.6) is 5.75 Å². The number of aryl methyl sites for hydroxylation is 2. The summed E-state index contributed by atoms with van der Waals surface area (Å²) in [6, 6.07) is 22.6. The quantitative estimate of drug-likeness (QED) is 0.356. The Hall–Kier alpha value is -3.31. The van der Waals surface area contributed by atoms with Crippen LogP contribution >= 0.6 is 11.6 Å². The van der Waals surface area contributed by atoms with Crippen LogP contribution in [0.15, 0.2) is 72.8 Å². The molecule has 37 heavy (non-hydrogen) atoms. The molecular formula is C31H35ClN2O3. The van der Waals surface area contributed by atoms with E-state index >= 15 is 0 Å². The molecule has 3 aromatic rings. The van der Waals surface area contributed by atoms with Crippen molar-refractivity contribution in [2.45, 2.75) is 64.6 Å². The van der Waals surface area contributed by atoms with Gasteiger partial charge in [-0.05, 0) is 61.1 Å². The number of halogens is 1. The molecule has 0 bridgehead atoms. The molecule has 1 atom stereocenters. The van der Waals surface area contributed by atoms with Crippen LogP contribution in [0.2, 0.25) is 5.02 Å². The van der Waals surface area contributed by atoms with Crippen molar-refractivity contribution in [3.05, 3.63) is 100 Å². The van der Waals surface area contributed by atoms with Gasteiger partial charge in [-0.3, -0.25) is 9.59 Å². The van der Waals surface area contributed by atoms with Gasteiger partial charge < -0.3 is 15.0 Å². The third kappa shape index (κ3) is 7.36. The summed E-state index contributed by atoms with van der Waals surface area (Å²) in [7, 11) is 0. The van der Waals surface area contributed by atoms with Crippen LogP contribution < -0.4 is 10.1 Å². The highest BCUT2D eigenvalue weighted by Gasteiger charge is 2.32. The second kappa shape index (κ2) is 12.8. The molecule has 4 rings (SSSR count). The van der Waals surface area contributed by atoms with Gasteiger partial charge in [0, 0.05) is 24.0 Å². The van der Waals surface area contributed by atoms with Crippen molar-refractivity contribution in [3.63, 3.8) is 0 Å². The number of nitrogens with zero attached hydrogens (tertiary/aromatic N) is 1. The number of benzene rings is 3. The van der Waals surface area contributed by atoms with E-state index in [1.807, 2.05) is 80.6 Å². The van der Waals surface area contributed by atoms with Gasteiger partial charge >= 0.3 is 0 Å². The lowest BCUT2D eigenvalue weighted by Crippen LogP contribution is -2.53. The van der Waals surface area contributed by atoms with E-state index in [4.69, 9.17) is 16.3 Å². The second-order valence-electron chi connectivity index (χ2n) is 9.87. The molecule has 1 N–H and O–H groups in total. The van der Waals surface area contributed by atoms with Crippen molar-refractivity contribution >= 4 is 23.4 Å². The summed E-state index contributed by atoms with van der Waals surface area (Å²) in [5.41, 5.74) is 3.78. The van der Waals surface area contributed by atoms with Crippen molar-refractivity contribution in [3.8, 4) is 5.75 Å². The summed E-state index contributed by atoms with van der Waals surface area (Å²) in [5.74, 6) is 0.271. The zero-order valence-electron chi connectivity index (χ0n) is 21.6. The Bertz CT molecular complexity index is 1210. The zero-order chi connectivity index (χ0) is 26.2. The minimum Gasteiger partial charge on any atom is -0.483 e. The Labute approximate surface area is 224 Å². The Morgan fingerprint density at radius 2 is 1.70 bits per heavy atom. The highest BCUT2D eigenvalue weighted by atomic mass is 35.5. The fourth-order valence-electron chi connectivity index (χ4n) is 4.82. The molecule has 3 aromatic carbocycles. The first-order valence-electron chi connectivity index (χ1n) is 13.0. The van der Waals surface area contributed by atoms with Crippen molar-refractivity contribution in [1.82, 2.24) is 10.2 Å². The van der Waals surface area contributed by atoms with E-state index in [-0.39, 0.29) is 31.0 Å². The van der Waals surface area contributed by atoms with Crippen LogP contribution in [-0.2, 0) is 22.6 Å². The second-order valence-corrected chi connectivity index (χ2v) is 10.3. The summed E-state index contributed by atoms with van der Waals surface area (Å²) < 4.78 is 5.99. The van der Waals surface area contributed by atoms with Gasteiger partial charge in [0.25, 0.3) is 5.91 Å². The number of nitrogens with one attached hydrogen (secondary N) is 1. The number of ether oxygens (including phenoxy) is 1. The Balaban J connectivity index is 1.63. The SMILES string of the molecule is Cc1ccc(C)c(OCC(=O)N(Cc2ccccc2Cl)C(Cc2ccccc2)C(=O)NC2CCCC2)c1. The molecule has 0 saturated heterocycles. The fourth-order valence-corrected chi connectivity index (χ4v) is 5.01. The maximum absolute atomic E-state index is 13.8. The van der Waals surface area contributed by atoms with Gasteiger partial charge in [0.1, 0.15) is 11.8 Å². The van der Waals surface area contributed by atoms with Gasteiger partial charge in [0.2, 0.25) is 5.91 Å². The third-order valence-corrected chi connectivity index (χ3v) is 7.33. The van der Waals surface area contributed by atoms with Crippen molar-refractivity contribution in [2.75, 3.05) is 6.61 Å². The normalized spacial score (nSPS) is 14.2. The van der Waals surface area contributed by atoms with Gasteiger partial charge in [0.15, 0.2) is 6.61 Å². The molecule has 194 valence electrons. The highest BCUT2D eigenvalue weighted by molar-refractivity contribution is 6.31. The minimum absolute atomic E-state index is 0.136. The van der Waals surface area contributed by atoms with E-state index in [2.05, 4.69) is 5.32 Å². The molecule has 0 aliphatic heterocycles. The lowest BCUT2D eigenvalue weighted by Gasteiger charge is -2.32. The fraction of sp³-hybridized carbons (Fsp3) is 0.355. The molecule has 0 heterocycles. The van der Waals surface area contributed by atoms with E-state index in [1.54, 1.807) is 11.0 Å². The van der Waals surface area contributed by atoms with Gasteiger partial charge in [-0.25, -0.2) is 0 Å². The highest BCUT2D eigenvalue weighted by Crippen LogP contribution is 2.23. The van der Waals surface area contributed by atoms with Crippen molar-refractivity contribution in [1.29, 1.82) is 0 Å². The van der Waals surface area contributed by atoms with E-state index in [9.17, 15) is 9.59 Å². The van der Waals surface area contributed by atoms with Crippen LogP contribution in [0.1, 0.15) is 47.9 Å². The standard InChI is InChI=1S/C31H35ClN2O3/c1-22-16-17-23(2)29(18-22)37-21-30(35)34(20-25-12-6-9-15-27(25)32)28(19-24-10-4-3-5-11-24)31(36)33-26-13-7-8-14-26/h3-6,9-12,15-18,26,28H,7-8,13-14,19-21H2,1-2H3,(H,33,36). The summed E-state index contributed by atoms with van der Waals surface area (Å²) in [6.07, 6.45) is 4.57. The number of rotatable bonds is 10. The summed E-state index contributed by atoms with van der Waals surface area (Å²) in [6.45, 7) is 3.98. The first-order valence-corrected chi connectivity index (χ1v) is 13.4. The maximum atomic E-state index is 13.8. The van der Waals surface area contributed by atoms with Gasteiger partial charge in [0.05, 0.1) is 0 Å². The number of hydrogen-bond donors (Lipinski definition) is 1. The summed E-state index contributed by atoms with van der Waals surface area (Å²) in [5, 5.41) is 3.78. The van der Waals surface area contributed by atoms with Gasteiger partial charge in [-0.2, -0.15) is 0 Å². The molecule has 1 unspecified atom stereocenters. The van der Waals surface area contributed by atoms with Crippen molar-refractivity contribution < 1.29 is 14.3 Å². The van der Waals surface area contributed by atoms with Crippen LogP contribution in [0.4, 0.5) is 0 Å². The first-order chi connectivity index (χ1) is 17.9. The van der Waals surface area contributed by atoms with E-state index in [0.717, 1.165) is 47.9 Å². The lowest BCUT2D eigenvalue weighted by atomic mass is 10.0. The van der Waals surface area contributed by atoms with Crippen LogP contribution in [0.25, 0.3) is 0 Å². The number of hydrogen-bond acceptors (Lipinski definition) is 3. The molecule has 1 fully saturated rings. The molecular weight excluding hydrogens is 484 g/mol. The van der Waals surface area contributed by atoms with Crippen LogP contribution in [0, 0.1) is 13.8 Å². The Morgan fingerprint density at radius 1 is 1.00 bits per heavy atom. The van der Waals surface area contributed by atoms with Gasteiger partial charge in [-0.15, -0.1) is 0 Å². The smallest absolute Gasteiger partial charge is 0.261 e. The molecule has 1 aliphatic rings. The van der Waals surface area contributed by atoms with Crippen LogP contribution in [-0.4, -0.2) is 35.4 Å². The minimum atomic E-state index is -0.700. The van der Waals surface area contributed by atoms with E-state index < -0.39 is 6.04 Å². The molecule has 1 aliphatic carbocycles. The first kappa shape index (κ1) is 26.7. The van der Waals surface area contributed by atoms with Crippen LogP contribution in [0.3, 0.4) is 0 Å². The number of amides is 2. The summed E-state index contributed by atoms with van der Waals surface area (Å²) in [4.78, 5) is 29.1. The predicted molar refractivity (Wildman–Crippen MR) is 148 cm³/mol. The zero-order valence-corrected chi connectivity index (χ0v) is 22.3. The Morgan fingerprint density at radius 3 is 2.43 bits per heavy atom. The number of carbonyl (C=O) groups is 2. The third-order valence-electron chi connectivity index (χ3n) is 6.97. The molecule has 0 radical (unpaired) electrons. The van der Waals surface area contributed by atoms with Crippen molar-refractivity contribution in [2.24, 2.45) is 0 Å². The molecule has 5 nitrogen and oxygen atoms in total. The van der Waals surface area contributed by atoms with E-state index in [0.29, 0.717) is 17.2 Å². The monoisotopic (exact) mass is 518 g/mol. The molecule has 0 spiro atoms.